The monoisotopic (exact) mass is 473 g/mol. The van der Waals surface area contributed by atoms with Crippen LogP contribution in [0.25, 0.3) is 0 Å². The summed E-state index contributed by atoms with van der Waals surface area (Å²) in [6.07, 6.45) is 0.926. The number of carbonyl (C=O) groups excluding carboxylic acids is 2. The van der Waals surface area contributed by atoms with E-state index < -0.39 is 10.0 Å². The molecule has 4 rings (SSSR count). The zero-order chi connectivity index (χ0) is 23.0. The Labute approximate surface area is 193 Å². The van der Waals surface area contributed by atoms with E-state index in [2.05, 4.69) is 10.6 Å². The fourth-order valence-corrected chi connectivity index (χ4v) is 6.35. The van der Waals surface area contributed by atoms with Crippen molar-refractivity contribution < 1.29 is 18.0 Å². The molecule has 1 atom stereocenters. The van der Waals surface area contributed by atoms with Gasteiger partial charge in [-0.3, -0.25) is 9.59 Å². The molecule has 1 saturated heterocycles. The number of piperidine rings is 1. The zero-order valence-electron chi connectivity index (χ0n) is 18.3. The molecule has 2 aliphatic rings. The van der Waals surface area contributed by atoms with Crippen molar-refractivity contribution in [3.05, 3.63) is 47.5 Å². The Hall–Kier alpha value is -2.36. The van der Waals surface area contributed by atoms with E-state index in [9.17, 15) is 18.0 Å². The molecule has 2 aliphatic heterocycles. The Morgan fingerprint density at radius 1 is 1.09 bits per heavy atom. The predicted molar refractivity (Wildman–Crippen MR) is 126 cm³/mol. The molecule has 1 fully saturated rings. The van der Waals surface area contributed by atoms with Crippen LogP contribution in [0.3, 0.4) is 0 Å². The molecule has 0 aromatic heterocycles. The van der Waals surface area contributed by atoms with Crippen molar-refractivity contribution in [2.45, 2.75) is 48.7 Å². The number of anilines is 2. The number of sulfonamides is 1. The molecule has 0 saturated carbocycles. The summed E-state index contributed by atoms with van der Waals surface area (Å²) in [5.74, 6) is -0.440. The number of aryl methyl sites for hydroxylation is 2. The van der Waals surface area contributed by atoms with Crippen molar-refractivity contribution in [3.8, 4) is 0 Å². The fourth-order valence-electron chi connectivity index (χ4n) is 3.92. The second-order valence-corrected chi connectivity index (χ2v) is 11.7. The second-order valence-electron chi connectivity index (χ2n) is 8.37. The number of fused-ring (bicyclic) bond motifs is 1. The van der Waals surface area contributed by atoms with Crippen LogP contribution in [-0.4, -0.2) is 42.9 Å². The Balaban J connectivity index is 1.41. The third kappa shape index (κ3) is 4.55. The minimum Gasteiger partial charge on any atom is -0.326 e. The van der Waals surface area contributed by atoms with Crippen LogP contribution in [0.15, 0.2) is 46.2 Å². The Morgan fingerprint density at radius 3 is 2.50 bits per heavy atom. The van der Waals surface area contributed by atoms with Gasteiger partial charge in [-0.1, -0.05) is 6.07 Å². The zero-order valence-corrected chi connectivity index (χ0v) is 20.0. The highest BCUT2D eigenvalue weighted by atomic mass is 32.2. The van der Waals surface area contributed by atoms with Crippen LogP contribution in [0.2, 0.25) is 0 Å². The maximum absolute atomic E-state index is 13.2. The predicted octanol–water partition coefficient (Wildman–Crippen LogP) is 3.78. The van der Waals surface area contributed by atoms with Gasteiger partial charge >= 0.3 is 0 Å². The smallest absolute Gasteiger partial charge is 0.243 e. The fraction of sp³-hybridized carbons (Fsp3) is 0.391. The van der Waals surface area contributed by atoms with Crippen LogP contribution >= 0.6 is 11.8 Å². The van der Waals surface area contributed by atoms with Gasteiger partial charge in [0.1, 0.15) is 0 Å². The summed E-state index contributed by atoms with van der Waals surface area (Å²) in [5.41, 5.74) is 3.56. The van der Waals surface area contributed by atoms with Gasteiger partial charge in [0.25, 0.3) is 0 Å². The molecule has 9 heteroatoms. The number of rotatable bonds is 4. The number of hydrogen-bond acceptors (Lipinski definition) is 5. The summed E-state index contributed by atoms with van der Waals surface area (Å²) in [6.45, 7) is 6.39. The van der Waals surface area contributed by atoms with Gasteiger partial charge in [0, 0.05) is 29.6 Å². The van der Waals surface area contributed by atoms with E-state index in [0.717, 1.165) is 21.7 Å². The number of nitrogens with one attached hydrogen (secondary N) is 2. The third-order valence-electron chi connectivity index (χ3n) is 6.12. The van der Waals surface area contributed by atoms with Gasteiger partial charge in [-0.25, -0.2) is 8.42 Å². The molecular formula is C23H27N3O4S2. The summed E-state index contributed by atoms with van der Waals surface area (Å²) in [6, 6.07) is 10.7. The molecule has 0 radical (unpaired) electrons. The SMILES string of the molecule is Cc1ccc(NC(=O)C2CCN(S(=O)(=O)c3ccc4c(c3)NC(=O)[C@H](C)S4)CC2)cc1C. The average molecular weight is 474 g/mol. The van der Waals surface area contributed by atoms with Crippen molar-refractivity contribution in [2.24, 2.45) is 5.92 Å². The van der Waals surface area contributed by atoms with Gasteiger partial charge in [0.2, 0.25) is 21.8 Å². The average Bonchev–Trinajstić information content (AvgIpc) is 2.77. The van der Waals surface area contributed by atoms with Crippen LogP contribution in [0, 0.1) is 19.8 Å². The molecule has 0 spiro atoms. The van der Waals surface area contributed by atoms with E-state index in [4.69, 9.17) is 0 Å². The first-order chi connectivity index (χ1) is 15.1. The third-order valence-corrected chi connectivity index (χ3v) is 9.19. The van der Waals surface area contributed by atoms with Crippen molar-refractivity contribution in [1.82, 2.24) is 4.31 Å². The van der Waals surface area contributed by atoms with Gasteiger partial charge in [-0.05, 0) is 75.1 Å². The Morgan fingerprint density at radius 2 is 1.81 bits per heavy atom. The molecular weight excluding hydrogens is 446 g/mol. The van der Waals surface area contributed by atoms with Crippen molar-refractivity contribution in [3.63, 3.8) is 0 Å². The molecule has 2 aromatic rings. The van der Waals surface area contributed by atoms with E-state index >= 15 is 0 Å². The summed E-state index contributed by atoms with van der Waals surface area (Å²) in [5, 5.41) is 5.53. The molecule has 0 bridgehead atoms. The maximum atomic E-state index is 13.2. The first-order valence-electron chi connectivity index (χ1n) is 10.6. The summed E-state index contributed by atoms with van der Waals surface area (Å²) in [7, 11) is -3.70. The lowest BCUT2D eigenvalue weighted by Gasteiger charge is -2.31. The van der Waals surface area contributed by atoms with Crippen molar-refractivity contribution in [2.75, 3.05) is 23.7 Å². The molecule has 2 N–H and O–H groups in total. The lowest BCUT2D eigenvalue weighted by molar-refractivity contribution is -0.121. The highest BCUT2D eigenvalue weighted by Crippen LogP contribution is 2.37. The lowest BCUT2D eigenvalue weighted by atomic mass is 9.97. The van der Waals surface area contributed by atoms with Gasteiger partial charge in [-0.2, -0.15) is 4.31 Å². The number of amides is 2. The standard InChI is InChI=1S/C23H27N3O4S2/c1-14-4-5-18(12-15(14)2)24-23(28)17-8-10-26(11-9-17)32(29,30)19-6-7-21-20(13-19)25-22(27)16(3)31-21/h4-7,12-13,16-17H,8-11H2,1-3H3,(H,24,28)(H,25,27)/t16-/m0/s1. The molecule has 2 heterocycles. The number of hydrogen-bond donors (Lipinski definition) is 2. The van der Waals surface area contributed by atoms with Crippen LogP contribution < -0.4 is 10.6 Å². The highest BCUT2D eigenvalue weighted by Gasteiger charge is 2.33. The van der Waals surface area contributed by atoms with Crippen molar-refractivity contribution >= 4 is 45.0 Å². The van der Waals surface area contributed by atoms with Crippen LogP contribution in [-0.2, 0) is 19.6 Å². The van der Waals surface area contributed by atoms with E-state index in [0.29, 0.717) is 18.5 Å². The molecule has 170 valence electrons. The molecule has 0 unspecified atom stereocenters. The second kappa shape index (κ2) is 8.88. The molecule has 7 nitrogen and oxygen atoms in total. The normalized spacial score (nSPS) is 19.8. The van der Waals surface area contributed by atoms with Gasteiger partial charge in [-0.15, -0.1) is 11.8 Å². The van der Waals surface area contributed by atoms with Gasteiger partial charge in [0.15, 0.2) is 0 Å². The van der Waals surface area contributed by atoms with E-state index in [1.807, 2.05) is 39.0 Å². The molecule has 2 aromatic carbocycles. The molecule has 2 amide bonds. The highest BCUT2D eigenvalue weighted by molar-refractivity contribution is 8.01. The lowest BCUT2D eigenvalue weighted by Crippen LogP contribution is -2.41. The first kappa shape index (κ1) is 22.8. The maximum Gasteiger partial charge on any atom is 0.243 e. The largest absolute Gasteiger partial charge is 0.326 e. The van der Waals surface area contributed by atoms with E-state index in [1.165, 1.54) is 22.1 Å². The van der Waals surface area contributed by atoms with Gasteiger partial charge < -0.3 is 10.6 Å². The van der Waals surface area contributed by atoms with Crippen LogP contribution in [0.4, 0.5) is 11.4 Å². The number of nitrogens with zero attached hydrogens (tertiary/aromatic N) is 1. The van der Waals surface area contributed by atoms with E-state index in [-0.39, 0.29) is 41.0 Å². The number of carbonyl (C=O) groups is 2. The van der Waals surface area contributed by atoms with Crippen LogP contribution in [0.5, 0.6) is 0 Å². The van der Waals surface area contributed by atoms with Crippen LogP contribution in [0.1, 0.15) is 30.9 Å². The Kier molecular flexibility index (Phi) is 6.33. The minimum atomic E-state index is -3.70. The topological polar surface area (TPSA) is 95.6 Å². The Bertz CT molecular complexity index is 1170. The molecule has 32 heavy (non-hydrogen) atoms. The summed E-state index contributed by atoms with van der Waals surface area (Å²) in [4.78, 5) is 25.7. The first-order valence-corrected chi connectivity index (χ1v) is 13.0. The van der Waals surface area contributed by atoms with Crippen molar-refractivity contribution in [1.29, 1.82) is 0 Å². The summed E-state index contributed by atoms with van der Waals surface area (Å²) >= 11 is 1.42. The quantitative estimate of drug-likeness (QED) is 0.705. The number of benzene rings is 2. The minimum absolute atomic E-state index is 0.0760. The van der Waals surface area contributed by atoms with E-state index in [1.54, 1.807) is 12.1 Å². The van der Waals surface area contributed by atoms with Gasteiger partial charge in [0.05, 0.1) is 15.8 Å². The number of thioether (sulfide) groups is 1. The summed E-state index contributed by atoms with van der Waals surface area (Å²) < 4.78 is 27.7. The molecule has 0 aliphatic carbocycles.